The number of hydrogen-bond donors (Lipinski definition) is 0. The van der Waals surface area contributed by atoms with Crippen molar-refractivity contribution < 1.29 is 41.7 Å². The lowest BCUT2D eigenvalue weighted by Gasteiger charge is -2.15. The summed E-state index contributed by atoms with van der Waals surface area (Å²) in [6.07, 6.45) is -3.77. The molecule has 0 aliphatic rings. The van der Waals surface area contributed by atoms with Crippen LogP contribution in [-0.4, -0.2) is 37.3 Å². The van der Waals surface area contributed by atoms with Crippen LogP contribution < -0.4 is 14.2 Å². The number of hydrogen-bond acceptors (Lipinski definition) is 7. The molecule has 1 aromatic carbocycles. The number of aromatic nitrogens is 1. The number of carbonyl (C=O) groups is 2. The Morgan fingerprint density at radius 1 is 1.04 bits per heavy atom. The molecule has 0 spiro atoms. The van der Waals surface area contributed by atoms with Gasteiger partial charge < -0.3 is 18.9 Å². The van der Waals surface area contributed by atoms with E-state index in [1.54, 1.807) is 0 Å². The number of esters is 1. The van der Waals surface area contributed by atoms with Gasteiger partial charge in [-0.15, -0.1) is 13.2 Å². The van der Waals surface area contributed by atoms with E-state index in [2.05, 4.69) is 14.5 Å². The molecule has 0 N–H and O–H groups in total. The van der Waals surface area contributed by atoms with Crippen LogP contribution in [0, 0.1) is 0 Å². The van der Waals surface area contributed by atoms with Crippen molar-refractivity contribution in [2.75, 3.05) is 14.2 Å². The third-order valence-electron chi connectivity index (χ3n) is 3.22. The average molecular weight is 385 g/mol. The first-order valence-corrected chi connectivity index (χ1v) is 7.35. The number of rotatable bonds is 6. The van der Waals surface area contributed by atoms with Crippen molar-refractivity contribution >= 4 is 11.8 Å². The molecule has 0 atom stereocenters. The van der Waals surface area contributed by atoms with Crippen LogP contribution in [0.15, 0.2) is 30.5 Å². The number of alkyl halides is 3. The Morgan fingerprint density at radius 3 is 2.30 bits per heavy atom. The van der Waals surface area contributed by atoms with E-state index >= 15 is 0 Å². The van der Waals surface area contributed by atoms with Crippen molar-refractivity contribution in [2.45, 2.75) is 13.3 Å². The number of ether oxygens (including phenoxy) is 4. The Labute approximate surface area is 151 Å². The second-order valence-corrected chi connectivity index (χ2v) is 5.08. The molecular formula is C17H14F3NO6. The van der Waals surface area contributed by atoms with Crippen LogP contribution in [0.1, 0.15) is 27.8 Å². The fraction of sp³-hybridized carbons (Fsp3) is 0.235. The van der Waals surface area contributed by atoms with Crippen LogP contribution in [0.4, 0.5) is 13.2 Å². The molecule has 0 fully saturated rings. The van der Waals surface area contributed by atoms with Crippen molar-refractivity contribution in [3.63, 3.8) is 0 Å². The smallest absolute Gasteiger partial charge is 0.493 e. The molecule has 10 heteroatoms. The summed E-state index contributed by atoms with van der Waals surface area (Å²) in [5.41, 5.74) is -0.0613. The molecule has 144 valence electrons. The molecule has 0 saturated heterocycles. The van der Waals surface area contributed by atoms with Crippen LogP contribution in [0.25, 0.3) is 0 Å². The third-order valence-corrected chi connectivity index (χ3v) is 3.22. The quantitative estimate of drug-likeness (QED) is 0.553. The van der Waals surface area contributed by atoms with E-state index in [4.69, 9.17) is 9.47 Å². The lowest BCUT2D eigenvalue weighted by Crippen LogP contribution is -2.17. The van der Waals surface area contributed by atoms with E-state index in [0.717, 1.165) is 31.5 Å². The second kappa shape index (κ2) is 7.94. The van der Waals surface area contributed by atoms with Crippen molar-refractivity contribution in [1.29, 1.82) is 0 Å². The third kappa shape index (κ3) is 5.09. The zero-order valence-electron chi connectivity index (χ0n) is 14.4. The summed E-state index contributed by atoms with van der Waals surface area (Å²) >= 11 is 0. The standard InChI is InChI=1S/C17H14F3NO6/c1-9(22)12-7-14(11(8-21-12)16(23)25-3)26-13-5-4-10(6-15(13)24-2)27-17(18,19)20/h4-8H,1-3H3. The first-order chi connectivity index (χ1) is 12.6. The molecule has 1 aromatic heterocycles. The number of Topliss-reactive ketones (excluding diaryl/α,β-unsaturated/α-hetero) is 1. The fourth-order valence-corrected chi connectivity index (χ4v) is 2.02. The molecule has 27 heavy (non-hydrogen) atoms. The van der Waals surface area contributed by atoms with Gasteiger partial charge in [-0.25, -0.2) is 4.79 Å². The van der Waals surface area contributed by atoms with Gasteiger partial charge in [-0.3, -0.25) is 9.78 Å². The molecule has 0 amide bonds. The number of nitrogens with zero attached hydrogens (tertiary/aromatic N) is 1. The van der Waals surface area contributed by atoms with Crippen LogP contribution in [0.3, 0.4) is 0 Å². The van der Waals surface area contributed by atoms with E-state index in [-0.39, 0.29) is 34.3 Å². The van der Waals surface area contributed by atoms with Crippen LogP contribution in [0.2, 0.25) is 0 Å². The largest absolute Gasteiger partial charge is 0.573 e. The lowest BCUT2D eigenvalue weighted by atomic mass is 10.2. The predicted molar refractivity (Wildman–Crippen MR) is 85.3 cm³/mol. The summed E-state index contributed by atoms with van der Waals surface area (Å²) in [6.45, 7) is 1.27. The molecule has 0 radical (unpaired) electrons. The molecule has 0 aliphatic heterocycles. The van der Waals surface area contributed by atoms with Crippen molar-refractivity contribution in [3.8, 4) is 23.0 Å². The lowest BCUT2D eigenvalue weighted by molar-refractivity contribution is -0.274. The monoisotopic (exact) mass is 385 g/mol. The van der Waals surface area contributed by atoms with E-state index in [0.29, 0.717) is 0 Å². The minimum Gasteiger partial charge on any atom is -0.493 e. The molecule has 0 aliphatic carbocycles. The average Bonchev–Trinajstić information content (AvgIpc) is 2.60. The summed E-state index contributed by atoms with van der Waals surface area (Å²) in [5, 5.41) is 0. The Kier molecular flexibility index (Phi) is 5.88. The predicted octanol–water partition coefficient (Wildman–Crippen LogP) is 3.77. The molecule has 1 heterocycles. The van der Waals surface area contributed by atoms with Gasteiger partial charge >= 0.3 is 12.3 Å². The minimum absolute atomic E-state index is 0.0159. The molecule has 7 nitrogen and oxygen atoms in total. The number of benzene rings is 1. The first kappa shape index (κ1) is 20.0. The van der Waals surface area contributed by atoms with Gasteiger partial charge in [-0.2, -0.15) is 0 Å². The van der Waals surface area contributed by atoms with E-state index in [1.165, 1.54) is 20.1 Å². The Bertz CT molecular complexity index is 866. The maximum absolute atomic E-state index is 12.3. The summed E-state index contributed by atoms with van der Waals surface area (Å²) in [6, 6.07) is 4.35. The Balaban J connectivity index is 2.44. The molecule has 0 saturated carbocycles. The molecule has 2 aromatic rings. The highest BCUT2D eigenvalue weighted by Crippen LogP contribution is 2.37. The Morgan fingerprint density at radius 2 is 1.74 bits per heavy atom. The normalized spacial score (nSPS) is 10.9. The fourth-order valence-electron chi connectivity index (χ4n) is 2.02. The van der Waals surface area contributed by atoms with Gasteiger partial charge in [0.15, 0.2) is 17.3 Å². The summed E-state index contributed by atoms with van der Waals surface area (Å²) < 4.78 is 56.0. The minimum atomic E-state index is -4.87. The summed E-state index contributed by atoms with van der Waals surface area (Å²) in [7, 11) is 2.36. The maximum Gasteiger partial charge on any atom is 0.573 e. The number of halogens is 3. The van der Waals surface area contributed by atoms with Gasteiger partial charge in [0.2, 0.25) is 0 Å². The summed E-state index contributed by atoms with van der Waals surface area (Å²) in [4.78, 5) is 27.2. The number of ketones is 1. The highest BCUT2D eigenvalue weighted by atomic mass is 19.4. The summed E-state index contributed by atoms with van der Waals surface area (Å²) in [5.74, 6) is -1.85. The molecular weight excluding hydrogens is 371 g/mol. The number of methoxy groups -OCH3 is 2. The van der Waals surface area contributed by atoms with Gasteiger partial charge in [0, 0.05) is 25.3 Å². The van der Waals surface area contributed by atoms with E-state index in [9.17, 15) is 22.8 Å². The zero-order valence-corrected chi connectivity index (χ0v) is 14.4. The highest BCUT2D eigenvalue weighted by molar-refractivity contribution is 5.96. The molecule has 0 bridgehead atoms. The van der Waals surface area contributed by atoms with Crippen molar-refractivity contribution in [1.82, 2.24) is 4.98 Å². The van der Waals surface area contributed by atoms with Gasteiger partial charge in [0.05, 0.1) is 14.2 Å². The van der Waals surface area contributed by atoms with E-state index in [1.807, 2.05) is 0 Å². The van der Waals surface area contributed by atoms with E-state index < -0.39 is 18.1 Å². The van der Waals surface area contributed by atoms with Crippen LogP contribution in [0.5, 0.6) is 23.0 Å². The number of carbonyl (C=O) groups excluding carboxylic acids is 2. The first-order valence-electron chi connectivity index (χ1n) is 7.35. The van der Waals surface area contributed by atoms with Gasteiger partial charge in [0.25, 0.3) is 0 Å². The van der Waals surface area contributed by atoms with Crippen molar-refractivity contribution in [2.24, 2.45) is 0 Å². The van der Waals surface area contributed by atoms with Crippen LogP contribution in [-0.2, 0) is 4.74 Å². The highest BCUT2D eigenvalue weighted by Gasteiger charge is 2.31. The van der Waals surface area contributed by atoms with Gasteiger partial charge in [0.1, 0.15) is 22.8 Å². The zero-order chi connectivity index (χ0) is 20.2. The number of pyridine rings is 1. The maximum atomic E-state index is 12.3. The second-order valence-electron chi connectivity index (χ2n) is 5.08. The SMILES string of the molecule is COC(=O)c1cnc(C(C)=O)cc1Oc1ccc(OC(F)(F)F)cc1OC. The molecule has 0 unspecified atom stereocenters. The topological polar surface area (TPSA) is 84.0 Å². The molecule has 2 rings (SSSR count). The van der Waals surface area contributed by atoms with Gasteiger partial charge in [-0.05, 0) is 12.1 Å². The Hall–Kier alpha value is -3.30. The van der Waals surface area contributed by atoms with Gasteiger partial charge in [-0.1, -0.05) is 0 Å². The van der Waals surface area contributed by atoms with Crippen LogP contribution >= 0.6 is 0 Å². The van der Waals surface area contributed by atoms with Crippen molar-refractivity contribution in [3.05, 3.63) is 41.7 Å².